The Morgan fingerprint density at radius 3 is 2.57 bits per heavy atom. The summed E-state index contributed by atoms with van der Waals surface area (Å²) in [7, 11) is 0. The Bertz CT molecular complexity index is 790. The van der Waals surface area contributed by atoms with Crippen LogP contribution in [0.5, 0.6) is 0 Å². The van der Waals surface area contributed by atoms with Crippen molar-refractivity contribution >= 4 is 32.7 Å². The fourth-order valence-corrected chi connectivity index (χ4v) is 2.71. The maximum absolute atomic E-state index is 12.5. The Morgan fingerprint density at radius 2 is 1.86 bits per heavy atom. The number of halogens is 1. The summed E-state index contributed by atoms with van der Waals surface area (Å²) in [4.78, 5) is 17.1. The van der Waals surface area contributed by atoms with Crippen molar-refractivity contribution in [1.29, 1.82) is 0 Å². The van der Waals surface area contributed by atoms with Gasteiger partial charge in [-0.3, -0.25) is 4.79 Å². The van der Waals surface area contributed by atoms with Crippen molar-refractivity contribution in [2.75, 3.05) is 0 Å². The zero-order valence-corrected chi connectivity index (χ0v) is 13.3. The number of rotatable bonds is 4. The molecule has 0 bridgehead atoms. The Labute approximate surface area is 131 Å². The minimum absolute atomic E-state index is 0.0975. The topological polar surface area (TPSA) is 34.9 Å². The highest BCUT2D eigenvalue weighted by Crippen LogP contribution is 2.18. The van der Waals surface area contributed by atoms with E-state index in [4.69, 9.17) is 0 Å². The van der Waals surface area contributed by atoms with E-state index in [-0.39, 0.29) is 5.78 Å². The number of hydrogen-bond donors (Lipinski definition) is 0. The normalized spacial score (nSPS) is 11.0. The molecule has 0 spiro atoms. The van der Waals surface area contributed by atoms with Crippen molar-refractivity contribution in [1.82, 2.24) is 9.55 Å². The van der Waals surface area contributed by atoms with Crippen molar-refractivity contribution in [2.24, 2.45) is 0 Å². The number of hydrogen-bond acceptors (Lipinski definition) is 2. The Hall–Kier alpha value is -1.94. The number of fused-ring (bicyclic) bond motifs is 1. The van der Waals surface area contributed by atoms with Crippen LogP contribution in [-0.2, 0) is 13.0 Å². The summed E-state index contributed by atoms with van der Waals surface area (Å²) in [6.45, 7) is 2.38. The summed E-state index contributed by atoms with van der Waals surface area (Å²) in [6, 6.07) is 15.4. The van der Waals surface area contributed by atoms with Crippen molar-refractivity contribution < 1.29 is 4.79 Å². The van der Waals surface area contributed by atoms with Crippen LogP contribution in [0.1, 0.15) is 23.1 Å². The molecule has 2 aromatic carbocycles. The fourth-order valence-electron chi connectivity index (χ4n) is 2.44. The lowest BCUT2D eigenvalue weighted by molar-refractivity contribution is 0.0972. The SMILES string of the molecule is CCc1nc2ccccc2n1CC(=O)c1ccc(Br)cc1. The van der Waals surface area contributed by atoms with Gasteiger partial charge in [-0.25, -0.2) is 4.98 Å². The number of ketones is 1. The Morgan fingerprint density at radius 1 is 1.14 bits per heavy atom. The molecule has 0 aliphatic carbocycles. The van der Waals surface area contributed by atoms with Gasteiger partial charge in [-0.2, -0.15) is 0 Å². The molecular formula is C17H15BrN2O. The first-order valence-electron chi connectivity index (χ1n) is 6.92. The highest BCUT2D eigenvalue weighted by atomic mass is 79.9. The van der Waals surface area contributed by atoms with E-state index in [1.54, 1.807) is 0 Å². The average molecular weight is 343 g/mol. The number of imidazole rings is 1. The van der Waals surface area contributed by atoms with Gasteiger partial charge in [0.1, 0.15) is 5.82 Å². The maximum Gasteiger partial charge on any atom is 0.182 e. The summed E-state index contributed by atoms with van der Waals surface area (Å²) in [5, 5.41) is 0. The molecule has 0 unspecified atom stereocenters. The second kappa shape index (κ2) is 5.82. The molecule has 0 aliphatic heterocycles. The van der Waals surface area contributed by atoms with Crippen molar-refractivity contribution in [2.45, 2.75) is 19.9 Å². The van der Waals surface area contributed by atoms with Crippen molar-refractivity contribution in [3.05, 3.63) is 64.4 Å². The first-order valence-corrected chi connectivity index (χ1v) is 7.71. The van der Waals surface area contributed by atoms with Gasteiger partial charge >= 0.3 is 0 Å². The summed E-state index contributed by atoms with van der Waals surface area (Å²) in [5.74, 6) is 1.04. The molecule has 3 rings (SSSR count). The standard InChI is InChI=1S/C17H15BrN2O/c1-2-17-19-14-5-3-4-6-15(14)20(17)11-16(21)12-7-9-13(18)10-8-12/h3-10H,2,11H2,1H3. The molecule has 21 heavy (non-hydrogen) atoms. The molecule has 3 nitrogen and oxygen atoms in total. The summed E-state index contributed by atoms with van der Waals surface area (Å²) < 4.78 is 2.99. The number of carbonyl (C=O) groups excluding carboxylic acids is 1. The van der Waals surface area contributed by atoms with Crippen molar-refractivity contribution in [3.8, 4) is 0 Å². The van der Waals surface area contributed by atoms with E-state index in [9.17, 15) is 4.79 Å². The first-order chi connectivity index (χ1) is 10.2. The molecule has 0 saturated heterocycles. The number of benzene rings is 2. The second-order valence-electron chi connectivity index (χ2n) is 4.89. The van der Waals surface area contributed by atoms with Crippen LogP contribution in [0.2, 0.25) is 0 Å². The minimum Gasteiger partial charge on any atom is -0.320 e. The van der Waals surface area contributed by atoms with E-state index in [2.05, 4.69) is 27.8 Å². The number of aryl methyl sites for hydroxylation is 1. The lowest BCUT2D eigenvalue weighted by atomic mass is 10.1. The number of nitrogens with zero attached hydrogens (tertiary/aromatic N) is 2. The van der Waals surface area contributed by atoms with Crippen LogP contribution in [0.3, 0.4) is 0 Å². The number of para-hydroxylation sites is 2. The highest BCUT2D eigenvalue weighted by Gasteiger charge is 2.13. The maximum atomic E-state index is 12.5. The van der Waals surface area contributed by atoms with Crippen LogP contribution in [0.4, 0.5) is 0 Å². The Kier molecular flexibility index (Phi) is 3.88. The second-order valence-corrected chi connectivity index (χ2v) is 5.80. The van der Waals surface area contributed by atoms with Gasteiger partial charge < -0.3 is 4.57 Å². The number of Topliss-reactive ketones (excluding diaryl/α,β-unsaturated/α-hetero) is 1. The highest BCUT2D eigenvalue weighted by molar-refractivity contribution is 9.10. The van der Waals surface area contributed by atoms with Crippen LogP contribution >= 0.6 is 15.9 Å². The number of aromatic nitrogens is 2. The molecule has 1 aromatic heterocycles. The average Bonchev–Trinajstić information content (AvgIpc) is 2.86. The first kappa shape index (κ1) is 14.0. The molecule has 0 amide bonds. The molecule has 106 valence electrons. The zero-order valence-electron chi connectivity index (χ0n) is 11.7. The molecular weight excluding hydrogens is 328 g/mol. The molecule has 0 saturated carbocycles. The summed E-state index contributed by atoms with van der Waals surface area (Å²) in [6.07, 6.45) is 0.808. The van der Waals surface area contributed by atoms with E-state index in [1.807, 2.05) is 53.1 Å². The van der Waals surface area contributed by atoms with Gasteiger partial charge in [-0.1, -0.05) is 47.1 Å². The van der Waals surface area contributed by atoms with E-state index in [0.717, 1.165) is 33.3 Å². The monoisotopic (exact) mass is 342 g/mol. The van der Waals surface area contributed by atoms with E-state index < -0.39 is 0 Å². The van der Waals surface area contributed by atoms with E-state index in [0.29, 0.717) is 6.54 Å². The number of carbonyl (C=O) groups is 1. The Balaban J connectivity index is 1.97. The fraction of sp³-hybridized carbons (Fsp3) is 0.176. The van der Waals surface area contributed by atoms with Crippen LogP contribution in [0.15, 0.2) is 53.0 Å². The predicted molar refractivity (Wildman–Crippen MR) is 87.6 cm³/mol. The largest absolute Gasteiger partial charge is 0.320 e. The van der Waals surface area contributed by atoms with Gasteiger partial charge in [0.15, 0.2) is 5.78 Å². The lowest BCUT2D eigenvalue weighted by Gasteiger charge is -2.07. The molecule has 0 radical (unpaired) electrons. The summed E-state index contributed by atoms with van der Waals surface area (Å²) in [5.41, 5.74) is 2.68. The van der Waals surface area contributed by atoms with Gasteiger partial charge in [0.2, 0.25) is 0 Å². The van der Waals surface area contributed by atoms with Crippen LogP contribution in [0.25, 0.3) is 11.0 Å². The molecule has 0 fully saturated rings. The molecule has 0 N–H and O–H groups in total. The third-order valence-corrected chi connectivity index (χ3v) is 4.05. The lowest BCUT2D eigenvalue weighted by Crippen LogP contribution is -2.12. The molecule has 4 heteroatoms. The molecule has 0 atom stereocenters. The van der Waals surface area contributed by atoms with Crippen molar-refractivity contribution in [3.63, 3.8) is 0 Å². The quantitative estimate of drug-likeness (QED) is 0.664. The van der Waals surface area contributed by atoms with Crippen LogP contribution in [-0.4, -0.2) is 15.3 Å². The van der Waals surface area contributed by atoms with Gasteiger partial charge in [0, 0.05) is 16.5 Å². The molecule has 1 heterocycles. The van der Waals surface area contributed by atoms with Crippen LogP contribution < -0.4 is 0 Å². The zero-order chi connectivity index (χ0) is 14.8. The van der Waals surface area contributed by atoms with E-state index >= 15 is 0 Å². The van der Waals surface area contributed by atoms with Crippen LogP contribution in [0, 0.1) is 0 Å². The smallest absolute Gasteiger partial charge is 0.182 e. The minimum atomic E-state index is 0.0975. The predicted octanol–water partition coefficient (Wildman–Crippen LogP) is 4.24. The third-order valence-electron chi connectivity index (χ3n) is 3.52. The third kappa shape index (κ3) is 2.76. The van der Waals surface area contributed by atoms with Gasteiger partial charge in [-0.05, 0) is 24.3 Å². The molecule has 3 aromatic rings. The summed E-state index contributed by atoms with van der Waals surface area (Å²) >= 11 is 3.38. The van der Waals surface area contributed by atoms with Gasteiger partial charge in [0.05, 0.1) is 17.6 Å². The van der Waals surface area contributed by atoms with E-state index in [1.165, 1.54) is 0 Å². The van der Waals surface area contributed by atoms with Gasteiger partial charge in [-0.15, -0.1) is 0 Å². The van der Waals surface area contributed by atoms with Gasteiger partial charge in [0.25, 0.3) is 0 Å². The molecule has 0 aliphatic rings.